The first-order valence-electron chi connectivity index (χ1n) is 17.7. The van der Waals surface area contributed by atoms with Gasteiger partial charge in [0, 0.05) is 12.8 Å². The summed E-state index contributed by atoms with van der Waals surface area (Å²) in [6.07, 6.45) is 0.649. The number of cyclic esters (lactones) is 1. The molecule has 3 aromatic rings. The van der Waals surface area contributed by atoms with Crippen molar-refractivity contribution in [3.63, 3.8) is 0 Å². The third kappa shape index (κ3) is 8.29. The lowest BCUT2D eigenvalue weighted by atomic mass is 10.0. The SMILES string of the molecule is CC(C)(C)[Si](C)(C)O[C@@H]1C[C@@H](CO[Si](c2ccccc2)(c2ccccc2)C(C)(C)C)O[C@@H]1CCC(=O)N1C(=O)OC[C@H]1Cc1ccccc1. The Morgan fingerprint density at radius 1 is 0.837 bits per heavy atom. The van der Waals surface area contributed by atoms with Gasteiger partial charge in [0.05, 0.1) is 31.0 Å². The summed E-state index contributed by atoms with van der Waals surface area (Å²) in [5, 5.41) is 2.31. The number of ether oxygens (including phenoxy) is 2. The molecule has 2 fully saturated rings. The number of carbonyl (C=O) groups excluding carboxylic acids is 2. The molecule has 0 aromatic heterocycles. The molecular weight excluding hydrogens is 647 g/mol. The zero-order valence-corrected chi connectivity index (χ0v) is 32.6. The van der Waals surface area contributed by atoms with Crippen molar-refractivity contribution >= 4 is 39.0 Å². The second kappa shape index (κ2) is 15.0. The molecule has 0 aliphatic carbocycles. The van der Waals surface area contributed by atoms with Gasteiger partial charge in [0.15, 0.2) is 8.32 Å². The molecule has 264 valence electrons. The molecule has 0 unspecified atom stereocenters. The van der Waals surface area contributed by atoms with Crippen molar-refractivity contribution in [2.75, 3.05) is 13.2 Å². The van der Waals surface area contributed by atoms with Gasteiger partial charge in [0.2, 0.25) is 5.91 Å². The molecule has 2 amide bonds. The minimum Gasteiger partial charge on any atom is -0.447 e. The van der Waals surface area contributed by atoms with Crippen molar-refractivity contribution in [3.8, 4) is 0 Å². The van der Waals surface area contributed by atoms with Crippen LogP contribution < -0.4 is 10.4 Å². The number of rotatable bonds is 12. The normalized spacial score (nSPS) is 22.0. The molecule has 4 atom stereocenters. The number of imide groups is 1. The molecule has 0 N–H and O–H groups in total. The first-order chi connectivity index (χ1) is 23.1. The van der Waals surface area contributed by atoms with Crippen molar-refractivity contribution in [3.05, 3.63) is 96.6 Å². The predicted octanol–water partition coefficient (Wildman–Crippen LogP) is 7.48. The zero-order valence-electron chi connectivity index (χ0n) is 30.6. The minimum atomic E-state index is -2.76. The van der Waals surface area contributed by atoms with E-state index in [4.69, 9.17) is 18.3 Å². The number of hydrogen-bond acceptors (Lipinski definition) is 6. The highest BCUT2D eigenvalue weighted by Crippen LogP contribution is 2.41. The summed E-state index contributed by atoms with van der Waals surface area (Å²) in [5.74, 6) is -0.231. The lowest BCUT2D eigenvalue weighted by molar-refractivity contribution is -0.130. The molecular formula is C40H55NO6Si2. The summed E-state index contributed by atoms with van der Waals surface area (Å²) in [4.78, 5) is 27.7. The molecule has 2 aliphatic heterocycles. The molecule has 2 aliphatic rings. The van der Waals surface area contributed by atoms with E-state index in [0.29, 0.717) is 25.9 Å². The van der Waals surface area contributed by atoms with Gasteiger partial charge in [0.25, 0.3) is 8.32 Å². The molecule has 2 heterocycles. The summed E-state index contributed by atoms with van der Waals surface area (Å²) < 4.78 is 26.4. The van der Waals surface area contributed by atoms with E-state index in [1.165, 1.54) is 15.3 Å². The van der Waals surface area contributed by atoms with Crippen molar-refractivity contribution in [1.29, 1.82) is 0 Å². The summed E-state index contributed by atoms with van der Waals surface area (Å²) >= 11 is 0. The van der Waals surface area contributed by atoms with Gasteiger partial charge in [-0.05, 0) is 51.9 Å². The Labute approximate surface area is 295 Å². The summed E-state index contributed by atoms with van der Waals surface area (Å²) in [6, 6.07) is 30.9. The van der Waals surface area contributed by atoms with Crippen molar-refractivity contribution in [2.24, 2.45) is 0 Å². The van der Waals surface area contributed by atoms with Gasteiger partial charge in [-0.15, -0.1) is 0 Å². The lowest BCUT2D eigenvalue weighted by Gasteiger charge is -2.43. The molecule has 7 nitrogen and oxygen atoms in total. The van der Waals surface area contributed by atoms with E-state index in [2.05, 4.69) is 115 Å². The Morgan fingerprint density at radius 3 is 1.92 bits per heavy atom. The van der Waals surface area contributed by atoms with E-state index in [-0.39, 0.29) is 53.4 Å². The van der Waals surface area contributed by atoms with Gasteiger partial charge in [0.1, 0.15) is 6.61 Å². The maximum Gasteiger partial charge on any atom is 0.416 e. The summed E-state index contributed by atoms with van der Waals surface area (Å²) in [6.45, 7) is 18.7. The topological polar surface area (TPSA) is 74.3 Å². The molecule has 5 rings (SSSR count). The average Bonchev–Trinajstić information content (AvgIpc) is 3.61. The average molecular weight is 702 g/mol. The molecule has 0 saturated carbocycles. The van der Waals surface area contributed by atoms with E-state index >= 15 is 0 Å². The Balaban J connectivity index is 1.35. The predicted molar refractivity (Wildman–Crippen MR) is 200 cm³/mol. The largest absolute Gasteiger partial charge is 0.447 e. The highest BCUT2D eigenvalue weighted by atomic mass is 28.4. The zero-order chi connectivity index (χ0) is 35.5. The highest BCUT2D eigenvalue weighted by molar-refractivity contribution is 6.99. The van der Waals surface area contributed by atoms with Gasteiger partial charge in [-0.3, -0.25) is 4.79 Å². The van der Waals surface area contributed by atoms with Crippen LogP contribution in [0.5, 0.6) is 0 Å². The third-order valence-electron chi connectivity index (χ3n) is 10.6. The van der Waals surface area contributed by atoms with Gasteiger partial charge < -0.3 is 18.3 Å². The standard InChI is InChI=1S/C40H55NO6Si2/c1-39(2,3)48(7,8)47-36-27-32(29-45-49(40(4,5)6,33-20-14-10-15-21-33)34-22-16-11-17-23-34)46-35(36)24-25-37(42)41-31(28-44-38(41)43)26-30-18-12-9-13-19-30/h9-23,31-32,35-36H,24-29H2,1-8H3/t31-,32+,35-,36-/m1/s1. The quantitative estimate of drug-likeness (QED) is 0.182. The van der Waals surface area contributed by atoms with Crippen molar-refractivity contribution < 1.29 is 27.9 Å². The Kier molecular flexibility index (Phi) is 11.4. The minimum absolute atomic E-state index is 0.0147. The Hall–Kier alpha value is -3.09. The van der Waals surface area contributed by atoms with Crippen LogP contribution in [-0.2, 0) is 29.5 Å². The summed E-state index contributed by atoms with van der Waals surface area (Å²) in [5.41, 5.74) is 1.06. The van der Waals surface area contributed by atoms with Crippen LogP contribution in [0.2, 0.25) is 23.2 Å². The highest BCUT2D eigenvalue weighted by Gasteiger charge is 2.52. The van der Waals surface area contributed by atoms with Crippen molar-refractivity contribution in [2.45, 2.75) is 115 Å². The number of hydrogen-bond donors (Lipinski definition) is 0. The van der Waals surface area contributed by atoms with E-state index < -0.39 is 22.7 Å². The fourth-order valence-corrected chi connectivity index (χ4v) is 13.0. The molecule has 9 heteroatoms. The molecule has 3 aromatic carbocycles. The van der Waals surface area contributed by atoms with E-state index in [1.54, 1.807) is 0 Å². The Bertz CT molecular complexity index is 1500. The number of benzene rings is 3. The van der Waals surface area contributed by atoms with Gasteiger partial charge >= 0.3 is 6.09 Å². The number of amides is 2. The van der Waals surface area contributed by atoms with Crippen molar-refractivity contribution in [1.82, 2.24) is 4.90 Å². The van der Waals surface area contributed by atoms with E-state index in [1.807, 2.05) is 30.3 Å². The molecule has 0 radical (unpaired) electrons. The lowest BCUT2D eigenvalue weighted by Crippen LogP contribution is -2.67. The van der Waals surface area contributed by atoms with E-state index in [9.17, 15) is 9.59 Å². The van der Waals surface area contributed by atoms with E-state index in [0.717, 1.165) is 5.56 Å². The third-order valence-corrected chi connectivity index (χ3v) is 20.1. The van der Waals surface area contributed by atoms with Gasteiger partial charge in [-0.2, -0.15) is 0 Å². The van der Waals surface area contributed by atoms with Gasteiger partial charge in [-0.25, -0.2) is 9.69 Å². The Morgan fingerprint density at radius 2 is 1.39 bits per heavy atom. The number of nitrogens with zero attached hydrogens (tertiary/aromatic N) is 1. The first-order valence-corrected chi connectivity index (χ1v) is 22.5. The van der Waals surface area contributed by atoms with Crippen LogP contribution >= 0.6 is 0 Å². The fourth-order valence-electron chi connectivity index (χ4n) is 7.01. The van der Waals surface area contributed by atoms with Crippen LogP contribution in [-0.4, -0.2) is 71.1 Å². The second-order valence-corrected chi connectivity index (χ2v) is 25.2. The van der Waals surface area contributed by atoms with Crippen LogP contribution in [0.3, 0.4) is 0 Å². The molecule has 0 spiro atoms. The maximum atomic E-state index is 13.6. The molecule has 49 heavy (non-hydrogen) atoms. The fraction of sp³-hybridized carbons (Fsp3) is 0.500. The molecule has 0 bridgehead atoms. The van der Waals surface area contributed by atoms with Gasteiger partial charge in [-0.1, -0.05) is 133 Å². The van der Waals surface area contributed by atoms with Crippen LogP contribution in [0.15, 0.2) is 91.0 Å². The number of carbonyl (C=O) groups is 2. The summed E-state index contributed by atoms with van der Waals surface area (Å²) in [7, 11) is -4.93. The first kappa shape index (κ1) is 37.2. The van der Waals surface area contributed by atoms with Crippen LogP contribution in [0.25, 0.3) is 0 Å². The molecule has 2 saturated heterocycles. The second-order valence-electron chi connectivity index (χ2n) is 16.1. The maximum absolute atomic E-state index is 13.6. The van der Waals surface area contributed by atoms with Crippen LogP contribution in [0.1, 0.15) is 66.4 Å². The monoisotopic (exact) mass is 701 g/mol. The van der Waals surface area contributed by atoms with Crippen LogP contribution in [0.4, 0.5) is 4.79 Å². The smallest absolute Gasteiger partial charge is 0.416 e. The van der Waals surface area contributed by atoms with Crippen LogP contribution in [0, 0.1) is 0 Å².